The Morgan fingerprint density at radius 2 is 1.88 bits per heavy atom. The standard InChI is InChI=1S/C19H20ClNO5/c1-12(13-5-4-6-14(20)9-13)21-18(22)11-26-19(23)16-8-7-15(24-2)10-17(16)25-3/h4-10,12H,11H2,1-3H3,(H,21,22)/t12-/m0/s1. The van der Waals surface area contributed by atoms with E-state index in [2.05, 4.69) is 5.32 Å². The summed E-state index contributed by atoms with van der Waals surface area (Å²) in [5.74, 6) is -0.220. The van der Waals surface area contributed by atoms with Gasteiger partial charge in [0.15, 0.2) is 6.61 Å². The van der Waals surface area contributed by atoms with E-state index in [1.807, 2.05) is 13.0 Å². The summed E-state index contributed by atoms with van der Waals surface area (Å²) < 4.78 is 15.3. The number of carbonyl (C=O) groups excluding carboxylic acids is 2. The van der Waals surface area contributed by atoms with Crippen molar-refractivity contribution in [3.63, 3.8) is 0 Å². The lowest BCUT2D eigenvalue weighted by Crippen LogP contribution is -2.31. The molecular formula is C19H20ClNO5. The maximum atomic E-state index is 12.2. The first-order valence-corrected chi connectivity index (χ1v) is 8.26. The molecule has 2 aromatic carbocycles. The van der Waals surface area contributed by atoms with E-state index in [0.717, 1.165) is 5.56 Å². The molecule has 26 heavy (non-hydrogen) atoms. The van der Waals surface area contributed by atoms with Crippen LogP contribution in [0.1, 0.15) is 28.9 Å². The van der Waals surface area contributed by atoms with Crippen LogP contribution < -0.4 is 14.8 Å². The van der Waals surface area contributed by atoms with Crippen LogP contribution in [-0.2, 0) is 9.53 Å². The summed E-state index contributed by atoms with van der Waals surface area (Å²) >= 11 is 5.94. The molecule has 0 aliphatic heterocycles. The van der Waals surface area contributed by atoms with Crippen LogP contribution in [0.3, 0.4) is 0 Å². The van der Waals surface area contributed by atoms with Gasteiger partial charge < -0.3 is 19.5 Å². The minimum Gasteiger partial charge on any atom is -0.497 e. The van der Waals surface area contributed by atoms with Crippen LogP contribution in [-0.4, -0.2) is 32.7 Å². The number of esters is 1. The fraction of sp³-hybridized carbons (Fsp3) is 0.263. The lowest BCUT2D eigenvalue weighted by Gasteiger charge is -2.15. The smallest absolute Gasteiger partial charge is 0.342 e. The molecule has 0 saturated heterocycles. The van der Waals surface area contributed by atoms with Crippen molar-refractivity contribution in [3.05, 3.63) is 58.6 Å². The predicted octanol–water partition coefficient (Wildman–Crippen LogP) is 3.39. The van der Waals surface area contributed by atoms with E-state index < -0.39 is 18.5 Å². The third kappa shape index (κ3) is 5.13. The first-order chi connectivity index (χ1) is 12.4. The Morgan fingerprint density at radius 1 is 1.12 bits per heavy atom. The summed E-state index contributed by atoms with van der Waals surface area (Å²) in [5, 5.41) is 3.34. The van der Waals surface area contributed by atoms with Crippen LogP contribution in [0, 0.1) is 0 Å². The minimum atomic E-state index is -0.657. The Hall–Kier alpha value is -2.73. The third-order valence-electron chi connectivity index (χ3n) is 3.69. The van der Waals surface area contributed by atoms with Gasteiger partial charge in [-0.3, -0.25) is 4.79 Å². The zero-order valence-corrected chi connectivity index (χ0v) is 15.5. The molecule has 0 spiro atoms. The van der Waals surface area contributed by atoms with Crippen molar-refractivity contribution in [2.45, 2.75) is 13.0 Å². The second-order valence-corrected chi connectivity index (χ2v) is 5.92. The van der Waals surface area contributed by atoms with E-state index in [1.54, 1.807) is 30.3 Å². The second kappa shape index (κ2) is 9.10. The van der Waals surface area contributed by atoms with E-state index in [4.69, 9.17) is 25.8 Å². The number of methoxy groups -OCH3 is 2. The molecule has 1 N–H and O–H groups in total. The Kier molecular flexibility index (Phi) is 6.86. The Labute approximate surface area is 157 Å². The third-order valence-corrected chi connectivity index (χ3v) is 3.92. The van der Waals surface area contributed by atoms with E-state index >= 15 is 0 Å². The number of ether oxygens (including phenoxy) is 3. The van der Waals surface area contributed by atoms with Crippen LogP contribution in [0.4, 0.5) is 0 Å². The minimum absolute atomic E-state index is 0.212. The van der Waals surface area contributed by atoms with E-state index in [-0.39, 0.29) is 11.6 Å². The molecule has 1 atom stereocenters. The van der Waals surface area contributed by atoms with Crippen LogP contribution in [0.25, 0.3) is 0 Å². The van der Waals surface area contributed by atoms with E-state index in [1.165, 1.54) is 20.3 Å². The number of amides is 1. The topological polar surface area (TPSA) is 73.9 Å². The molecule has 0 aliphatic carbocycles. The van der Waals surface area contributed by atoms with Crippen molar-refractivity contribution in [2.75, 3.05) is 20.8 Å². The van der Waals surface area contributed by atoms with Gasteiger partial charge in [-0.05, 0) is 36.8 Å². The molecule has 0 radical (unpaired) electrons. The predicted molar refractivity (Wildman–Crippen MR) is 97.8 cm³/mol. The molecule has 0 aromatic heterocycles. The van der Waals surface area contributed by atoms with Crippen LogP contribution in [0.15, 0.2) is 42.5 Å². The zero-order valence-electron chi connectivity index (χ0n) is 14.7. The SMILES string of the molecule is COc1ccc(C(=O)OCC(=O)N[C@@H](C)c2cccc(Cl)c2)c(OC)c1. The fourth-order valence-corrected chi connectivity index (χ4v) is 2.52. The highest BCUT2D eigenvalue weighted by atomic mass is 35.5. The molecule has 1 amide bonds. The fourth-order valence-electron chi connectivity index (χ4n) is 2.32. The number of benzene rings is 2. The number of nitrogens with one attached hydrogen (secondary N) is 1. The first kappa shape index (κ1) is 19.6. The highest BCUT2D eigenvalue weighted by Crippen LogP contribution is 2.25. The van der Waals surface area contributed by atoms with Crippen LogP contribution >= 0.6 is 11.6 Å². The number of halogens is 1. The van der Waals surface area contributed by atoms with Gasteiger partial charge in [0.2, 0.25) is 0 Å². The molecule has 0 heterocycles. The number of hydrogen-bond donors (Lipinski definition) is 1. The summed E-state index contributed by atoms with van der Waals surface area (Å²) in [4.78, 5) is 24.2. The molecule has 0 fully saturated rings. The molecule has 0 aliphatic rings. The monoisotopic (exact) mass is 377 g/mol. The largest absolute Gasteiger partial charge is 0.497 e. The van der Waals surface area contributed by atoms with E-state index in [9.17, 15) is 9.59 Å². The lowest BCUT2D eigenvalue weighted by atomic mass is 10.1. The number of carbonyl (C=O) groups is 2. The van der Waals surface area contributed by atoms with Gasteiger partial charge in [-0.2, -0.15) is 0 Å². The first-order valence-electron chi connectivity index (χ1n) is 7.88. The van der Waals surface area contributed by atoms with Crippen molar-refractivity contribution in [1.29, 1.82) is 0 Å². The van der Waals surface area contributed by atoms with Gasteiger partial charge in [-0.25, -0.2) is 4.79 Å². The molecule has 2 rings (SSSR count). The zero-order chi connectivity index (χ0) is 19.1. The molecular weight excluding hydrogens is 358 g/mol. The Morgan fingerprint density at radius 3 is 2.54 bits per heavy atom. The molecule has 0 saturated carbocycles. The summed E-state index contributed by atoms with van der Waals surface area (Å²) in [5.41, 5.74) is 1.07. The Bertz CT molecular complexity index is 793. The van der Waals surface area contributed by atoms with Crippen molar-refractivity contribution in [3.8, 4) is 11.5 Å². The van der Waals surface area contributed by atoms with Gasteiger partial charge in [0.1, 0.15) is 17.1 Å². The molecule has 0 bridgehead atoms. The molecule has 2 aromatic rings. The van der Waals surface area contributed by atoms with Gasteiger partial charge in [-0.1, -0.05) is 23.7 Å². The highest BCUT2D eigenvalue weighted by molar-refractivity contribution is 6.30. The van der Waals surface area contributed by atoms with Crippen LogP contribution in [0.2, 0.25) is 5.02 Å². The summed E-state index contributed by atoms with van der Waals surface area (Å²) in [6.07, 6.45) is 0. The lowest BCUT2D eigenvalue weighted by molar-refractivity contribution is -0.124. The Balaban J connectivity index is 1.93. The molecule has 7 heteroatoms. The number of rotatable bonds is 7. The van der Waals surface area contributed by atoms with Gasteiger partial charge in [-0.15, -0.1) is 0 Å². The van der Waals surface area contributed by atoms with Gasteiger partial charge in [0, 0.05) is 11.1 Å². The van der Waals surface area contributed by atoms with Crippen molar-refractivity contribution in [1.82, 2.24) is 5.32 Å². The molecule has 6 nitrogen and oxygen atoms in total. The molecule has 138 valence electrons. The summed E-state index contributed by atoms with van der Waals surface area (Å²) in [6, 6.07) is 11.6. The highest BCUT2D eigenvalue weighted by Gasteiger charge is 2.17. The molecule has 0 unspecified atom stereocenters. The quantitative estimate of drug-likeness (QED) is 0.748. The second-order valence-electron chi connectivity index (χ2n) is 5.49. The van der Waals surface area contributed by atoms with E-state index in [0.29, 0.717) is 16.5 Å². The maximum absolute atomic E-state index is 12.2. The van der Waals surface area contributed by atoms with Gasteiger partial charge in [0.25, 0.3) is 5.91 Å². The summed E-state index contributed by atoms with van der Waals surface area (Å²) in [6.45, 7) is 1.41. The normalized spacial score (nSPS) is 11.4. The van der Waals surface area contributed by atoms with Gasteiger partial charge in [0.05, 0.1) is 20.3 Å². The number of hydrogen-bond acceptors (Lipinski definition) is 5. The van der Waals surface area contributed by atoms with Crippen molar-refractivity contribution < 1.29 is 23.8 Å². The van der Waals surface area contributed by atoms with Crippen molar-refractivity contribution >= 4 is 23.5 Å². The summed E-state index contributed by atoms with van der Waals surface area (Å²) in [7, 11) is 2.95. The maximum Gasteiger partial charge on any atom is 0.342 e. The average Bonchev–Trinajstić information content (AvgIpc) is 2.65. The van der Waals surface area contributed by atoms with Crippen molar-refractivity contribution in [2.24, 2.45) is 0 Å². The van der Waals surface area contributed by atoms with Gasteiger partial charge >= 0.3 is 5.97 Å². The van der Waals surface area contributed by atoms with Crippen LogP contribution in [0.5, 0.6) is 11.5 Å². The average molecular weight is 378 g/mol.